The molecule has 0 aromatic heterocycles. The molecule has 1 unspecified atom stereocenters. The summed E-state index contributed by atoms with van der Waals surface area (Å²) in [5.41, 5.74) is -0.414. The van der Waals surface area contributed by atoms with Crippen molar-refractivity contribution in [2.75, 3.05) is 0 Å². The molecule has 0 bridgehead atoms. The number of carboxylic acid groups (broad SMARTS) is 1. The second-order valence-electron chi connectivity index (χ2n) is 2.47. The zero-order valence-corrected chi connectivity index (χ0v) is 6.66. The summed E-state index contributed by atoms with van der Waals surface area (Å²) in [6, 6.07) is 0. The Hall–Kier alpha value is -0.900. The third-order valence-electron chi connectivity index (χ3n) is 1.62. The van der Waals surface area contributed by atoms with E-state index in [1.165, 1.54) is 6.92 Å². The Labute approximate surface area is 65.4 Å². The van der Waals surface area contributed by atoms with Crippen molar-refractivity contribution in [2.45, 2.75) is 26.4 Å². The lowest BCUT2D eigenvalue weighted by atomic mass is 9.95. The van der Waals surface area contributed by atoms with Gasteiger partial charge in [0.05, 0.1) is 6.10 Å². The molecule has 0 spiro atoms. The minimum atomic E-state index is -1.25. The van der Waals surface area contributed by atoms with E-state index in [2.05, 4.69) is 0 Å². The predicted molar refractivity (Wildman–Crippen MR) is 40.8 cm³/mol. The van der Waals surface area contributed by atoms with Gasteiger partial charge in [-0.1, -0.05) is 6.92 Å². The number of hydrogen-bond donors (Lipinski definition) is 3. The zero-order chi connectivity index (χ0) is 9.02. The van der Waals surface area contributed by atoms with Gasteiger partial charge in [0.15, 0.2) is 0 Å². The van der Waals surface area contributed by atoms with Crippen LogP contribution >= 0.6 is 0 Å². The van der Waals surface area contributed by atoms with Crippen molar-refractivity contribution >= 4 is 11.7 Å². The van der Waals surface area contributed by atoms with Crippen molar-refractivity contribution in [2.24, 2.45) is 5.92 Å². The maximum absolute atomic E-state index is 10.3. The van der Waals surface area contributed by atoms with Crippen LogP contribution in [-0.4, -0.2) is 28.0 Å². The molecule has 0 rings (SSSR count). The molecular formula is C7H13NO3. The molecule has 0 saturated carbocycles. The van der Waals surface area contributed by atoms with Crippen molar-refractivity contribution < 1.29 is 15.0 Å². The van der Waals surface area contributed by atoms with Crippen LogP contribution in [0.1, 0.15) is 20.3 Å². The fraction of sp³-hybridized carbons (Fsp3) is 0.714. The van der Waals surface area contributed by atoms with Crippen LogP contribution in [0, 0.1) is 11.3 Å². The summed E-state index contributed by atoms with van der Waals surface area (Å²) in [6.07, 6.45) is -0.286. The van der Waals surface area contributed by atoms with Crippen molar-refractivity contribution in [3.63, 3.8) is 0 Å². The summed E-state index contributed by atoms with van der Waals surface area (Å²) in [5.74, 6) is -1.80. The van der Waals surface area contributed by atoms with E-state index in [0.717, 1.165) is 0 Å². The molecule has 2 atom stereocenters. The van der Waals surface area contributed by atoms with E-state index in [0.29, 0.717) is 6.42 Å². The molecular weight excluding hydrogens is 146 g/mol. The summed E-state index contributed by atoms with van der Waals surface area (Å²) in [6.45, 7) is 3.24. The maximum Gasteiger partial charge on any atom is 0.349 e. The van der Waals surface area contributed by atoms with Gasteiger partial charge in [-0.3, -0.25) is 5.41 Å². The van der Waals surface area contributed by atoms with Crippen molar-refractivity contribution in [3.8, 4) is 0 Å². The first kappa shape index (κ1) is 10.1. The second-order valence-corrected chi connectivity index (χ2v) is 2.47. The van der Waals surface area contributed by atoms with Crippen molar-refractivity contribution in [1.82, 2.24) is 0 Å². The first-order valence-electron chi connectivity index (χ1n) is 3.50. The van der Waals surface area contributed by atoms with Gasteiger partial charge in [0.25, 0.3) is 0 Å². The first-order valence-corrected chi connectivity index (χ1v) is 3.50. The number of aliphatic hydroxyl groups is 1. The lowest BCUT2D eigenvalue weighted by molar-refractivity contribution is -0.130. The molecule has 0 saturated heterocycles. The van der Waals surface area contributed by atoms with Gasteiger partial charge < -0.3 is 10.2 Å². The lowest BCUT2D eigenvalue weighted by Crippen LogP contribution is -2.30. The molecule has 0 fully saturated rings. The van der Waals surface area contributed by atoms with Gasteiger partial charge in [-0.05, 0) is 13.3 Å². The number of aliphatic carboxylic acids is 1. The molecule has 0 aliphatic carbocycles. The molecule has 0 aliphatic rings. The predicted octanol–water partition coefficient (Wildman–Crippen LogP) is 0.498. The average Bonchev–Trinajstić information content (AvgIpc) is 1.88. The molecule has 0 radical (unpaired) electrons. The van der Waals surface area contributed by atoms with Gasteiger partial charge in [0.2, 0.25) is 0 Å². The van der Waals surface area contributed by atoms with E-state index in [4.69, 9.17) is 15.6 Å². The van der Waals surface area contributed by atoms with E-state index in [1.54, 1.807) is 6.92 Å². The van der Waals surface area contributed by atoms with Crippen LogP contribution in [0.3, 0.4) is 0 Å². The molecule has 0 heterocycles. The van der Waals surface area contributed by atoms with Crippen LogP contribution in [0.25, 0.3) is 0 Å². The Morgan fingerprint density at radius 3 is 2.18 bits per heavy atom. The van der Waals surface area contributed by atoms with Crippen molar-refractivity contribution in [3.05, 3.63) is 0 Å². The minimum absolute atomic E-state index is 0.414. The molecule has 4 heteroatoms. The SMILES string of the molecule is CC[C@H](C(=N)C(=O)O)C(C)O. The molecule has 0 aliphatic heterocycles. The van der Waals surface area contributed by atoms with Gasteiger partial charge in [-0.2, -0.15) is 0 Å². The number of aliphatic hydroxyl groups excluding tert-OH is 1. The molecule has 64 valence electrons. The highest BCUT2D eigenvalue weighted by molar-refractivity contribution is 6.35. The van der Waals surface area contributed by atoms with Crippen LogP contribution < -0.4 is 0 Å². The fourth-order valence-electron chi connectivity index (χ4n) is 0.945. The smallest absolute Gasteiger partial charge is 0.349 e. The van der Waals surface area contributed by atoms with E-state index in [9.17, 15) is 4.79 Å². The Morgan fingerprint density at radius 1 is 1.64 bits per heavy atom. The summed E-state index contributed by atoms with van der Waals surface area (Å²) < 4.78 is 0. The van der Waals surface area contributed by atoms with Crippen LogP contribution in [0.2, 0.25) is 0 Å². The number of carbonyl (C=O) groups is 1. The van der Waals surface area contributed by atoms with Crippen LogP contribution in [0.15, 0.2) is 0 Å². The zero-order valence-electron chi connectivity index (χ0n) is 6.66. The van der Waals surface area contributed by atoms with Gasteiger partial charge in [0, 0.05) is 5.92 Å². The minimum Gasteiger partial charge on any atom is -0.477 e. The van der Waals surface area contributed by atoms with E-state index < -0.39 is 23.7 Å². The number of hydrogen-bond acceptors (Lipinski definition) is 3. The molecule has 0 amide bonds. The van der Waals surface area contributed by atoms with Crippen LogP contribution in [0.4, 0.5) is 0 Å². The quantitative estimate of drug-likeness (QED) is 0.522. The summed E-state index contributed by atoms with van der Waals surface area (Å²) in [7, 11) is 0. The van der Waals surface area contributed by atoms with Crippen LogP contribution in [0.5, 0.6) is 0 Å². The maximum atomic E-state index is 10.3. The van der Waals surface area contributed by atoms with Gasteiger partial charge in [-0.25, -0.2) is 4.79 Å². The highest BCUT2D eigenvalue weighted by Gasteiger charge is 2.22. The Kier molecular flexibility index (Phi) is 3.74. The lowest BCUT2D eigenvalue weighted by Gasteiger charge is -2.15. The normalized spacial score (nSPS) is 15.5. The van der Waals surface area contributed by atoms with Crippen molar-refractivity contribution in [1.29, 1.82) is 5.41 Å². The molecule has 4 nitrogen and oxygen atoms in total. The average molecular weight is 159 g/mol. The third kappa shape index (κ3) is 2.67. The summed E-state index contributed by atoms with van der Waals surface area (Å²) >= 11 is 0. The fourth-order valence-corrected chi connectivity index (χ4v) is 0.945. The molecule has 0 aromatic carbocycles. The van der Waals surface area contributed by atoms with Gasteiger partial charge >= 0.3 is 5.97 Å². The number of rotatable bonds is 4. The highest BCUT2D eigenvalue weighted by atomic mass is 16.4. The first-order chi connectivity index (χ1) is 5.00. The standard InChI is InChI=1S/C7H13NO3/c1-3-5(4(2)9)6(8)7(10)11/h4-5,8-9H,3H2,1-2H3,(H,10,11)/t4?,5-/m0/s1. The van der Waals surface area contributed by atoms with Crippen LogP contribution in [-0.2, 0) is 4.79 Å². The van der Waals surface area contributed by atoms with E-state index in [1.807, 2.05) is 0 Å². The van der Waals surface area contributed by atoms with E-state index in [-0.39, 0.29) is 0 Å². The largest absolute Gasteiger partial charge is 0.477 e. The summed E-state index contributed by atoms with van der Waals surface area (Å²) in [5, 5.41) is 24.5. The Balaban J connectivity index is 4.26. The third-order valence-corrected chi connectivity index (χ3v) is 1.62. The van der Waals surface area contributed by atoms with Gasteiger partial charge in [0.1, 0.15) is 5.71 Å². The molecule has 11 heavy (non-hydrogen) atoms. The Morgan fingerprint density at radius 2 is 2.09 bits per heavy atom. The highest BCUT2D eigenvalue weighted by Crippen LogP contribution is 2.09. The topological polar surface area (TPSA) is 81.4 Å². The van der Waals surface area contributed by atoms with E-state index >= 15 is 0 Å². The monoisotopic (exact) mass is 159 g/mol. The summed E-state index contributed by atoms with van der Waals surface area (Å²) in [4.78, 5) is 10.3. The number of carboxylic acids is 1. The molecule has 0 aromatic rings. The Bertz CT molecular complexity index is 165. The second kappa shape index (κ2) is 4.08. The number of nitrogens with one attached hydrogen (secondary N) is 1. The molecule has 3 N–H and O–H groups in total. The van der Waals surface area contributed by atoms with Gasteiger partial charge in [-0.15, -0.1) is 0 Å².